The summed E-state index contributed by atoms with van der Waals surface area (Å²) in [6.07, 6.45) is 0.550. The predicted molar refractivity (Wildman–Crippen MR) is 67.4 cm³/mol. The highest BCUT2D eigenvalue weighted by atomic mass is 32.2. The zero-order valence-corrected chi connectivity index (χ0v) is 11.1. The average Bonchev–Trinajstić information content (AvgIpc) is 2.36. The van der Waals surface area contributed by atoms with Crippen LogP contribution in [0.3, 0.4) is 0 Å². The van der Waals surface area contributed by atoms with Crippen molar-refractivity contribution in [2.24, 2.45) is 0 Å². The molecule has 0 amide bonds. The van der Waals surface area contributed by atoms with Crippen molar-refractivity contribution in [3.8, 4) is 0 Å². The van der Waals surface area contributed by atoms with Crippen LogP contribution in [-0.2, 0) is 26.0 Å². The zero-order chi connectivity index (χ0) is 13.8. The summed E-state index contributed by atoms with van der Waals surface area (Å²) >= 11 is 0. The van der Waals surface area contributed by atoms with Gasteiger partial charge in [0, 0.05) is 5.69 Å². The number of anilines is 1. The molecule has 0 atom stereocenters. The Hall–Kier alpha value is -1.60. The van der Waals surface area contributed by atoms with Crippen LogP contribution in [0.2, 0.25) is 0 Å². The molecule has 3 N–H and O–H groups in total. The lowest BCUT2D eigenvalue weighted by molar-refractivity contribution is -0.139. The van der Waals surface area contributed by atoms with E-state index in [0.29, 0.717) is 17.7 Å². The molecule has 1 rings (SSSR count). The molecule has 0 aliphatic rings. The third kappa shape index (κ3) is 3.44. The SMILES string of the molecule is CCc1ccc(N)cc1S(=O)(=O)NCC(=O)OC. The van der Waals surface area contributed by atoms with Crippen molar-refractivity contribution in [2.75, 3.05) is 19.4 Å². The second-order valence-electron chi connectivity index (χ2n) is 3.62. The van der Waals surface area contributed by atoms with E-state index in [2.05, 4.69) is 9.46 Å². The van der Waals surface area contributed by atoms with Crippen molar-refractivity contribution in [2.45, 2.75) is 18.2 Å². The highest BCUT2D eigenvalue weighted by Gasteiger charge is 2.19. The number of rotatable bonds is 5. The number of nitrogen functional groups attached to an aromatic ring is 1. The minimum atomic E-state index is -3.76. The summed E-state index contributed by atoms with van der Waals surface area (Å²) in [5.41, 5.74) is 6.57. The Morgan fingerprint density at radius 3 is 2.67 bits per heavy atom. The molecule has 0 saturated carbocycles. The fraction of sp³-hybridized carbons (Fsp3) is 0.364. The molecule has 100 valence electrons. The summed E-state index contributed by atoms with van der Waals surface area (Å²) in [5.74, 6) is -0.652. The predicted octanol–water partition coefficient (Wildman–Crippen LogP) is 0.282. The molecule has 0 heterocycles. The summed E-state index contributed by atoms with van der Waals surface area (Å²) in [6, 6.07) is 4.67. The first-order chi connectivity index (χ1) is 8.40. The van der Waals surface area contributed by atoms with Crippen LogP contribution in [0, 0.1) is 0 Å². The summed E-state index contributed by atoms with van der Waals surface area (Å²) in [7, 11) is -2.57. The van der Waals surface area contributed by atoms with Crippen molar-refractivity contribution in [3.63, 3.8) is 0 Å². The normalized spacial score (nSPS) is 11.2. The Morgan fingerprint density at radius 1 is 1.44 bits per heavy atom. The van der Waals surface area contributed by atoms with E-state index in [4.69, 9.17) is 5.73 Å². The van der Waals surface area contributed by atoms with Crippen LogP contribution in [0.25, 0.3) is 0 Å². The molecule has 0 saturated heterocycles. The van der Waals surface area contributed by atoms with Crippen LogP contribution < -0.4 is 10.5 Å². The number of ether oxygens (including phenoxy) is 1. The van der Waals surface area contributed by atoms with Crippen LogP contribution in [0.15, 0.2) is 23.1 Å². The van der Waals surface area contributed by atoms with Crippen molar-refractivity contribution in [1.82, 2.24) is 4.72 Å². The van der Waals surface area contributed by atoms with Crippen LogP contribution in [0.5, 0.6) is 0 Å². The van der Waals surface area contributed by atoms with Gasteiger partial charge >= 0.3 is 5.97 Å². The van der Waals surface area contributed by atoms with Crippen molar-refractivity contribution < 1.29 is 17.9 Å². The maximum Gasteiger partial charge on any atom is 0.320 e. The first-order valence-electron chi connectivity index (χ1n) is 5.35. The van der Waals surface area contributed by atoms with Gasteiger partial charge in [0.2, 0.25) is 10.0 Å². The number of hydrogen-bond donors (Lipinski definition) is 2. The first-order valence-corrected chi connectivity index (χ1v) is 6.84. The lowest BCUT2D eigenvalue weighted by Gasteiger charge is -2.10. The van der Waals surface area contributed by atoms with E-state index in [1.54, 1.807) is 12.1 Å². The zero-order valence-electron chi connectivity index (χ0n) is 10.3. The van der Waals surface area contributed by atoms with Crippen molar-refractivity contribution in [3.05, 3.63) is 23.8 Å². The molecular weight excluding hydrogens is 256 g/mol. The Labute approximate surface area is 106 Å². The third-order valence-corrected chi connectivity index (χ3v) is 3.88. The van der Waals surface area contributed by atoms with Gasteiger partial charge in [0.05, 0.1) is 12.0 Å². The van der Waals surface area contributed by atoms with Gasteiger partial charge in [0.1, 0.15) is 6.54 Å². The number of carbonyl (C=O) groups excluding carboxylic acids is 1. The summed E-state index contributed by atoms with van der Waals surface area (Å²) < 4.78 is 30.6. The number of nitrogens with one attached hydrogen (secondary N) is 1. The number of esters is 1. The van der Waals surface area contributed by atoms with Crippen LogP contribution >= 0.6 is 0 Å². The summed E-state index contributed by atoms with van der Waals surface area (Å²) in [5, 5.41) is 0. The van der Waals surface area contributed by atoms with Gasteiger partial charge in [-0.2, -0.15) is 4.72 Å². The molecule has 1 aromatic rings. The van der Waals surface area contributed by atoms with Gasteiger partial charge in [0.25, 0.3) is 0 Å². The van der Waals surface area contributed by atoms with E-state index < -0.39 is 22.5 Å². The quantitative estimate of drug-likeness (QED) is 0.592. The van der Waals surface area contributed by atoms with Gasteiger partial charge in [-0.1, -0.05) is 13.0 Å². The molecule has 0 aromatic heterocycles. The number of aryl methyl sites for hydroxylation is 1. The lowest BCUT2D eigenvalue weighted by Crippen LogP contribution is -2.30. The summed E-state index contributed by atoms with van der Waals surface area (Å²) in [4.78, 5) is 11.0. The molecule has 0 aliphatic carbocycles. The summed E-state index contributed by atoms with van der Waals surface area (Å²) in [6.45, 7) is 1.43. The Bertz CT molecular complexity index is 540. The van der Waals surface area contributed by atoms with E-state index in [0.717, 1.165) is 0 Å². The fourth-order valence-corrected chi connectivity index (χ4v) is 2.73. The largest absolute Gasteiger partial charge is 0.468 e. The highest BCUT2D eigenvalue weighted by Crippen LogP contribution is 2.19. The van der Waals surface area contributed by atoms with Crippen molar-refractivity contribution >= 4 is 21.7 Å². The number of nitrogens with two attached hydrogens (primary N) is 1. The standard InChI is InChI=1S/C11H16N2O4S/c1-3-8-4-5-9(12)6-10(8)18(15,16)13-7-11(14)17-2/h4-6,13H,3,7,12H2,1-2H3. The molecule has 7 heteroatoms. The van der Waals surface area contributed by atoms with Crippen LogP contribution in [-0.4, -0.2) is 28.0 Å². The van der Waals surface area contributed by atoms with E-state index in [-0.39, 0.29) is 4.90 Å². The number of carbonyl (C=O) groups is 1. The van der Waals surface area contributed by atoms with Gasteiger partial charge in [-0.25, -0.2) is 8.42 Å². The number of sulfonamides is 1. The molecule has 18 heavy (non-hydrogen) atoms. The maximum atomic E-state index is 12.0. The molecule has 0 aliphatic heterocycles. The Balaban J connectivity index is 3.04. The lowest BCUT2D eigenvalue weighted by atomic mass is 10.1. The Morgan fingerprint density at radius 2 is 2.11 bits per heavy atom. The molecule has 0 radical (unpaired) electrons. The second-order valence-corrected chi connectivity index (χ2v) is 5.36. The first kappa shape index (κ1) is 14.5. The van der Waals surface area contributed by atoms with Crippen molar-refractivity contribution in [1.29, 1.82) is 0 Å². The molecule has 0 unspecified atom stereocenters. The smallest absolute Gasteiger partial charge is 0.320 e. The minimum Gasteiger partial charge on any atom is -0.468 e. The maximum absolute atomic E-state index is 12.0. The van der Waals surface area contributed by atoms with Gasteiger partial charge in [-0.15, -0.1) is 0 Å². The van der Waals surface area contributed by atoms with E-state index in [9.17, 15) is 13.2 Å². The van der Waals surface area contributed by atoms with E-state index in [1.165, 1.54) is 13.2 Å². The van der Waals surface area contributed by atoms with E-state index in [1.807, 2.05) is 6.92 Å². The van der Waals surface area contributed by atoms with E-state index >= 15 is 0 Å². The minimum absolute atomic E-state index is 0.0916. The monoisotopic (exact) mass is 272 g/mol. The molecule has 0 spiro atoms. The van der Waals surface area contributed by atoms with Gasteiger partial charge in [-0.05, 0) is 24.1 Å². The third-order valence-electron chi connectivity index (χ3n) is 2.40. The average molecular weight is 272 g/mol. The molecule has 6 nitrogen and oxygen atoms in total. The molecule has 0 fully saturated rings. The van der Waals surface area contributed by atoms with Crippen LogP contribution in [0.4, 0.5) is 5.69 Å². The van der Waals surface area contributed by atoms with Crippen LogP contribution in [0.1, 0.15) is 12.5 Å². The van der Waals surface area contributed by atoms with Gasteiger partial charge in [0.15, 0.2) is 0 Å². The number of hydrogen-bond acceptors (Lipinski definition) is 5. The Kier molecular flexibility index (Phi) is 4.69. The topological polar surface area (TPSA) is 98.5 Å². The van der Waals surface area contributed by atoms with Gasteiger partial charge < -0.3 is 10.5 Å². The highest BCUT2D eigenvalue weighted by molar-refractivity contribution is 7.89. The molecular formula is C11H16N2O4S. The number of methoxy groups -OCH3 is 1. The number of benzene rings is 1. The van der Waals surface area contributed by atoms with Gasteiger partial charge in [-0.3, -0.25) is 4.79 Å². The molecule has 0 bridgehead atoms. The molecule has 1 aromatic carbocycles. The second kappa shape index (κ2) is 5.83. The fourth-order valence-electron chi connectivity index (χ4n) is 1.42.